The van der Waals surface area contributed by atoms with Gasteiger partial charge in [-0.25, -0.2) is 4.98 Å². The van der Waals surface area contributed by atoms with Crippen molar-refractivity contribution in [1.29, 1.82) is 0 Å². The van der Waals surface area contributed by atoms with Crippen LogP contribution in [-0.4, -0.2) is 33.5 Å². The average Bonchev–Trinajstić information content (AvgIpc) is 2.20. The minimum atomic E-state index is -0.340. The highest BCUT2D eigenvalue weighted by Gasteiger charge is 2.10. The van der Waals surface area contributed by atoms with Crippen molar-refractivity contribution in [3.63, 3.8) is 0 Å². The second-order valence-corrected chi connectivity index (χ2v) is 3.93. The molecule has 0 saturated heterocycles. The van der Waals surface area contributed by atoms with Crippen LogP contribution in [0, 0.1) is 0 Å². The third kappa shape index (κ3) is 4.19. The molecule has 0 aliphatic carbocycles. The van der Waals surface area contributed by atoms with Crippen molar-refractivity contribution in [1.82, 2.24) is 15.2 Å². The fourth-order valence-electron chi connectivity index (χ4n) is 0.702. The molecule has 1 rings (SSSR count). The van der Waals surface area contributed by atoms with E-state index in [1.807, 2.05) is 0 Å². The summed E-state index contributed by atoms with van der Waals surface area (Å²) in [6, 6.07) is 0. The van der Waals surface area contributed by atoms with Crippen molar-refractivity contribution < 1.29 is 9.53 Å². The number of rotatable bonds is 4. The van der Waals surface area contributed by atoms with Gasteiger partial charge in [-0.15, -0.1) is 10.2 Å². The molecule has 1 aromatic heterocycles. The fraction of sp³-hybridized carbons (Fsp3) is 0.429. The van der Waals surface area contributed by atoms with Crippen LogP contribution < -0.4 is 0 Å². The summed E-state index contributed by atoms with van der Waals surface area (Å²) in [5.74, 6) is -0.226. The summed E-state index contributed by atoms with van der Waals surface area (Å²) in [4.78, 5) is 14.8. The summed E-state index contributed by atoms with van der Waals surface area (Å²) in [6.45, 7) is 2.08. The van der Waals surface area contributed by atoms with Gasteiger partial charge in [-0.1, -0.05) is 23.4 Å². The summed E-state index contributed by atoms with van der Waals surface area (Å²) in [7, 11) is 0. The van der Waals surface area contributed by atoms with E-state index in [-0.39, 0.29) is 22.2 Å². The smallest absolute Gasteiger partial charge is 0.316 e. The maximum Gasteiger partial charge on any atom is 0.316 e. The first-order chi connectivity index (χ1) is 7.13. The SMILES string of the molecule is CCOC(=O)CSc1nc(Cl)nnc1Cl. The third-order valence-corrected chi connectivity index (χ3v) is 2.69. The van der Waals surface area contributed by atoms with Gasteiger partial charge in [-0.05, 0) is 18.5 Å². The zero-order valence-electron chi connectivity index (χ0n) is 7.74. The zero-order chi connectivity index (χ0) is 11.3. The molecule has 0 amide bonds. The van der Waals surface area contributed by atoms with Gasteiger partial charge in [0.2, 0.25) is 5.28 Å². The Morgan fingerprint density at radius 3 is 2.87 bits per heavy atom. The highest BCUT2D eigenvalue weighted by molar-refractivity contribution is 8.00. The largest absolute Gasteiger partial charge is 0.465 e. The molecule has 0 saturated carbocycles. The van der Waals surface area contributed by atoms with Gasteiger partial charge in [0, 0.05) is 0 Å². The van der Waals surface area contributed by atoms with Crippen molar-refractivity contribution in [3.05, 3.63) is 10.4 Å². The van der Waals surface area contributed by atoms with E-state index in [2.05, 4.69) is 15.2 Å². The Hall–Kier alpha value is -0.590. The number of halogens is 2. The molecule has 0 aliphatic rings. The van der Waals surface area contributed by atoms with Crippen LogP contribution in [0.2, 0.25) is 10.4 Å². The summed E-state index contributed by atoms with van der Waals surface area (Å²) < 4.78 is 4.73. The van der Waals surface area contributed by atoms with E-state index in [0.29, 0.717) is 11.6 Å². The molecule has 5 nitrogen and oxygen atoms in total. The van der Waals surface area contributed by atoms with Crippen LogP contribution >= 0.6 is 35.0 Å². The topological polar surface area (TPSA) is 65.0 Å². The predicted octanol–water partition coefficient (Wildman–Crippen LogP) is 1.83. The molecule has 0 radical (unpaired) electrons. The van der Waals surface area contributed by atoms with Gasteiger partial charge in [0.15, 0.2) is 5.15 Å². The number of aromatic nitrogens is 3. The molecule has 0 atom stereocenters. The van der Waals surface area contributed by atoms with Gasteiger partial charge in [0.25, 0.3) is 0 Å². The van der Waals surface area contributed by atoms with E-state index in [0.717, 1.165) is 11.8 Å². The number of carbonyl (C=O) groups is 1. The van der Waals surface area contributed by atoms with Gasteiger partial charge in [-0.3, -0.25) is 4.79 Å². The van der Waals surface area contributed by atoms with Crippen molar-refractivity contribution in [3.8, 4) is 0 Å². The predicted molar refractivity (Wildman–Crippen MR) is 57.2 cm³/mol. The standard InChI is InChI=1S/C7H7Cl2N3O2S/c1-2-14-4(13)3-15-6-5(8)11-12-7(9)10-6/h2-3H2,1H3. The molecule has 0 N–H and O–H groups in total. The lowest BCUT2D eigenvalue weighted by Crippen LogP contribution is -2.07. The molecule has 0 spiro atoms. The van der Waals surface area contributed by atoms with E-state index >= 15 is 0 Å². The maximum absolute atomic E-state index is 11.0. The third-order valence-electron chi connectivity index (χ3n) is 1.22. The quantitative estimate of drug-likeness (QED) is 0.613. The van der Waals surface area contributed by atoms with E-state index in [4.69, 9.17) is 27.9 Å². The van der Waals surface area contributed by atoms with E-state index in [9.17, 15) is 4.79 Å². The van der Waals surface area contributed by atoms with E-state index < -0.39 is 0 Å². The number of carbonyl (C=O) groups excluding carboxylic acids is 1. The van der Waals surface area contributed by atoms with Crippen LogP contribution in [0.1, 0.15) is 6.92 Å². The van der Waals surface area contributed by atoms with Crippen LogP contribution in [0.25, 0.3) is 0 Å². The van der Waals surface area contributed by atoms with Gasteiger partial charge in [0.05, 0.1) is 12.4 Å². The Bertz CT molecular complexity index is 364. The molecule has 0 bridgehead atoms. The fourth-order valence-corrected chi connectivity index (χ4v) is 1.77. The number of thioether (sulfide) groups is 1. The molecule has 0 unspecified atom stereocenters. The molecule has 82 valence electrons. The lowest BCUT2D eigenvalue weighted by molar-refractivity contribution is -0.139. The molecule has 0 aromatic carbocycles. The van der Waals surface area contributed by atoms with Gasteiger partial charge >= 0.3 is 5.97 Å². The first-order valence-electron chi connectivity index (χ1n) is 3.97. The van der Waals surface area contributed by atoms with Gasteiger partial charge in [-0.2, -0.15) is 0 Å². The zero-order valence-corrected chi connectivity index (χ0v) is 10.1. The Morgan fingerprint density at radius 2 is 2.20 bits per heavy atom. The Balaban J connectivity index is 2.57. The summed E-state index contributed by atoms with van der Waals surface area (Å²) in [5.41, 5.74) is 0. The molecule has 1 heterocycles. The Morgan fingerprint density at radius 1 is 1.47 bits per heavy atom. The van der Waals surface area contributed by atoms with Gasteiger partial charge < -0.3 is 4.74 Å². The molecule has 15 heavy (non-hydrogen) atoms. The van der Waals surface area contributed by atoms with Crippen LogP contribution in [0.15, 0.2) is 5.03 Å². The number of ether oxygens (including phenoxy) is 1. The summed E-state index contributed by atoms with van der Waals surface area (Å²) >= 11 is 12.3. The second-order valence-electron chi connectivity index (χ2n) is 2.27. The maximum atomic E-state index is 11.0. The van der Waals surface area contributed by atoms with E-state index in [1.54, 1.807) is 6.92 Å². The van der Waals surface area contributed by atoms with Crippen LogP contribution in [-0.2, 0) is 9.53 Å². The molecular formula is C7H7Cl2N3O2S. The Labute approximate surface area is 101 Å². The lowest BCUT2D eigenvalue weighted by Gasteiger charge is -2.02. The number of hydrogen-bond donors (Lipinski definition) is 0. The number of esters is 1. The highest BCUT2D eigenvalue weighted by atomic mass is 35.5. The first-order valence-corrected chi connectivity index (χ1v) is 5.71. The number of nitrogens with zero attached hydrogens (tertiary/aromatic N) is 3. The van der Waals surface area contributed by atoms with Crippen molar-refractivity contribution >= 4 is 40.9 Å². The molecule has 0 aliphatic heterocycles. The second kappa shape index (κ2) is 6.09. The van der Waals surface area contributed by atoms with Gasteiger partial charge in [0.1, 0.15) is 5.03 Å². The van der Waals surface area contributed by atoms with Crippen molar-refractivity contribution in [2.24, 2.45) is 0 Å². The first kappa shape index (κ1) is 12.5. The molecule has 1 aromatic rings. The average molecular weight is 268 g/mol. The molecule has 8 heteroatoms. The number of hydrogen-bond acceptors (Lipinski definition) is 6. The van der Waals surface area contributed by atoms with Crippen molar-refractivity contribution in [2.45, 2.75) is 11.9 Å². The monoisotopic (exact) mass is 267 g/mol. The van der Waals surface area contributed by atoms with Crippen LogP contribution in [0.5, 0.6) is 0 Å². The highest BCUT2D eigenvalue weighted by Crippen LogP contribution is 2.23. The summed E-state index contributed by atoms with van der Waals surface area (Å²) in [6.07, 6.45) is 0. The van der Waals surface area contributed by atoms with Crippen LogP contribution in [0.4, 0.5) is 0 Å². The minimum Gasteiger partial charge on any atom is -0.465 e. The summed E-state index contributed by atoms with van der Waals surface area (Å²) in [5, 5.41) is 7.47. The molecule has 0 fully saturated rings. The molecular weight excluding hydrogens is 261 g/mol. The van der Waals surface area contributed by atoms with Crippen LogP contribution in [0.3, 0.4) is 0 Å². The minimum absolute atomic E-state index is 0.00856. The van der Waals surface area contributed by atoms with E-state index in [1.165, 1.54) is 0 Å². The van der Waals surface area contributed by atoms with Crippen molar-refractivity contribution in [2.75, 3.05) is 12.4 Å². The lowest BCUT2D eigenvalue weighted by atomic mass is 10.8. The normalized spacial score (nSPS) is 10.1. The Kier molecular flexibility index (Phi) is 5.07.